The molecule has 2 amide bonds. The molecule has 0 aliphatic carbocycles. The van der Waals surface area contributed by atoms with Gasteiger partial charge in [-0.25, -0.2) is 9.80 Å². The van der Waals surface area contributed by atoms with E-state index in [1.807, 2.05) is 12.1 Å². The van der Waals surface area contributed by atoms with Crippen LogP contribution in [0.3, 0.4) is 0 Å². The summed E-state index contributed by atoms with van der Waals surface area (Å²) < 4.78 is 4.62. The minimum absolute atomic E-state index is 0.286. The highest BCUT2D eigenvalue weighted by atomic mass is 16.5. The lowest BCUT2D eigenvalue weighted by atomic mass is 10.2. The fourth-order valence-electron chi connectivity index (χ4n) is 2.41. The van der Waals surface area contributed by atoms with Crippen molar-refractivity contribution in [2.24, 2.45) is 0 Å². The lowest BCUT2D eigenvalue weighted by Gasteiger charge is -2.32. The normalized spacial score (nSPS) is 16.0. The first-order valence-corrected chi connectivity index (χ1v) is 8.31. The summed E-state index contributed by atoms with van der Waals surface area (Å²) in [4.78, 5) is 37.8. The van der Waals surface area contributed by atoms with Crippen LogP contribution in [0, 0.1) is 0 Å². The van der Waals surface area contributed by atoms with Crippen LogP contribution in [-0.2, 0) is 14.3 Å². The Hall–Kier alpha value is -2.71. The Morgan fingerprint density at radius 2 is 1.69 bits per heavy atom. The number of nitrogens with one attached hydrogen (secondary N) is 2. The molecular weight excluding hydrogens is 336 g/mol. The molecule has 0 saturated carbocycles. The maximum atomic E-state index is 12.2. The molecule has 1 aromatic carbocycles. The largest absolute Gasteiger partial charge is 0.465 e. The van der Waals surface area contributed by atoms with Gasteiger partial charge in [0.2, 0.25) is 0 Å². The van der Waals surface area contributed by atoms with Gasteiger partial charge < -0.3 is 15.0 Å². The van der Waals surface area contributed by atoms with Crippen LogP contribution in [0.25, 0.3) is 0 Å². The monoisotopic (exact) mass is 360 g/mol. The van der Waals surface area contributed by atoms with Crippen molar-refractivity contribution < 1.29 is 19.1 Å². The van der Waals surface area contributed by atoms with Crippen LogP contribution in [0.5, 0.6) is 0 Å². The van der Waals surface area contributed by atoms with Crippen molar-refractivity contribution >= 4 is 23.5 Å². The molecule has 1 heterocycles. The number of benzene rings is 1. The van der Waals surface area contributed by atoms with E-state index in [0.29, 0.717) is 11.3 Å². The Balaban J connectivity index is 1.88. The molecule has 0 aromatic heterocycles. The minimum Gasteiger partial charge on any atom is -0.465 e. The Labute approximate surface area is 152 Å². The molecule has 140 valence electrons. The van der Waals surface area contributed by atoms with E-state index in [1.165, 1.54) is 13.2 Å². The number of esters is 1. The summed E-state index contributed by atoms with van der Waals surface area (Å²) in [5.74, 6) is -1.16. The van der Waals surface area contributed by atoms with Gasteiger partial charge in [-0.3, -0.25) is 15.0 Å². The van der Waals surface area contributed by atoms with E-state index in [9.17, 15) is 14.4 Å². The number of piperazine rings is 1. The van der Waals surface area contributed by atoms with Crippen LogP contribution >= 0.6 is 0 Å². The third-order valence-electron chi connectivity index (χ3n) is 4.04. The topological polar surface area (TPSA) is 91.0 Å². The number of rotatable bonds is 5. The van der Waals surface area contributed by atoms with Gasteiger partial charge in [0, 0.05) is 43.5 Å². The summed E-state index contributed by atoms with van der Waals surface area (Å²) >= 11 is 0. The van der Waals surface area contributed by atoms with Gasteiger partial charge in [0.1, 0.15) is 0 Å². The zero-order valence-electron chi connectivity index (χ0n) is 15.2. The van der Waals surface area contributed by atoms with E-state index in [-0.39, 0.29) is 17.4 Å². The molecule has 0 atom stereocenters. The fourth-order valence-corrected chi connectivity index (χ4v) is 2.41. The molecular formula is C18H24N4O4. The van der Waals surface area contributed by atoms with E-state index >= 15 is 0 Å². The van der Waals surface area contributed by atoms with Gasteiger partial charge in [-0.05, 0) is 38.2 Å². The second-order valence-corrected chi connectivity index (χ2v) is 6.12. The van der Waals surface area contributed by atoms with Crippen LogP contribution in [0.4, 0.5) is 5.69 Å². The summed E-state index contributed by atoms with van der Waals surface area (Å²) in [5, 5.41) is 4.52. The highest BCUT2D eigenvalue weighted by Crippen LogP contribution is 2.11. The van der Waals surface area contributed by atoms with Crippen molar-refractivity contribution in [1.82, 2.24) is 15.3 Å². The first-order valence-electron chi connectivity index (χ1n) is 8.31. The van der Waals surface area contributed by atoms with Crippen LogP contribution < -0.4 is 10.7 Å². The number of hydrazine groups is 1. The number of nitrogens with zero attached hydrogens (tertiary/aromatic N) is 2. The highest BCUT2D eigenvalue weighted by Gasteiger charge is 2.15. The quantitative estimate of drug-likeness (QED) is 0.591. The minimum atomic E-state index is -0.445. The number of hydrogen-bond donors (Lipinski definition) is 2. The van der Waals surface area contributed by atoms with E-state index in [2.05, 4.69) is 20.4 Å². The average molecular weight is 360 g/mol. The van der Waals surface area contributed by atoms with E-state index < -0.39 is 5.97 Å². The maximum absolute atomic E-state index is 12.2. The molecule has 1 saturated heterocycles. The lowest BCUT2D eigenvalue weighted by molar-refractivity contribution is -0.122. The molecule has 1 aromatic rings. The van der Waals surface area contributed by atoms with E-state index in [4.69, 9.17) is 0 Å². The Bertz CT molecular complexity index is 692. The second-order valence-electron chi connectivity index (χ2n) is 6.12. The number of carbonyl (C=O) groups is 3. The average Bonchev–Trinajstić information content (AvgIpc) is 2.63. The van der Waals surface area contributed by atoms with Gasteiger partial charge in [-0.15, -0.1) is 0 Å². The predicted molar refractivity (Wildman–Crippen MR) is 97.4 cm³/mol. The van der Waals surface area contributed by atoms with Crippen molar-refractivity contribution in [3.63, 3.8) is 0 Å². The smallest absolute Gasteiger partial charge is 0.337 e. The van der Waals surface area contributed by atoms with Crippen LogP contribution in [0.2, 0.25) is 0 Å². The number of carbonyl (C=O) groups excluding carboxylic acids is 3. The van der Waals surface area contributed by atoms with Gasteiger partial charge in [-0.2, -0.15) is 0 Å². The maximum Gasteiger partial charge on any atom is 0.337 e. The Morgan fingerprint density at radius 1 is 1.08 bits per heavy atom. The van der Waals surface area contributed by atoms with Gasteiger partial charge in [0.25, 0.3) is 11.8 Å². The number of amides is 2. The number of ether oxygens (including phenoxy) is 1. The van der Waals surface area contributed by atoms with Gasteiger partial charge in [-0.1, -0.05) is 0 Å². The second kappa shape index (κ2) is 9.12. The summed E-state index contributed by atoms with van der Waals surface area (Å²) in [5.41, 5.74) is 3.98. The standard InChI is InChI=1S/C18H24N4O4/c1-13(12-16(23)20-22-10-8-21(2)9-11-22)17(24)19-15-6-4-14(5-7-15)18(25)26-3/h4-7,12H,8-11H2,1-3H3,(H,19,24)(H,20,23)/b13-12+. The SMILES string of the molecule is COC(=O)c1ccc(NC(=O)/C(C)=C/C(=O)NN2CCN(C)CC2)cc1. The number of hydrogen-bond acceptors (Lipinski definition) is 6. The zero-order valence-corrected chi connectivity index (χ0v) is 15.2. The molecule has 0 bridgehead atoms. The third-order valence-corrected chi connectivity index (χ3v) is 4.04. The van der Waals surface area contributed by atoms with Gasteiger partial charge in [0.15, 0.2) is 0 Å². The first kappa shape index (κ1) is 19.6. The molecule has 8 nitrogen and oxygen atoms in total. The molecule has 8 heteroatoms. The summed E-state index contributed by atoms with van der Waals surface area (Å²) in [6, 6.07) is 6.31. The molecule has 2 N–H and O–H groups in total. The predicted octanol–water partition coefficient (Wildman–Crippen LogP) is 0.637. The zero-order chi connectivity index (χ0) is 19.1. The number of likely N-dealkylation sites (N-methyl/N-ethyl adjacent to an activating group) is 1. The molecule has 1 fully saturated rings. The van der Waals surface area contributed by atoms with Crippen LogP contribution in [0.15, 0.2) is 35.9 Å². The van der Waals surface area contributed by atoms with Crippen molar-refractivity contribution in [1.29, 1.82) is 0 Å². The molecule has 0 unspecified atom stereocenters. The van der Waals surface area contributed by atoms with Crippen molar-refractivity contribution in [3.8, 4) is 0 Å². The summed E-state index contributed by atoms with van der Waals surface area (Å²) in [6.07, 6.45) is 1.27. The molecule has 26 heavy (non-hydrogen) atoms. The van der Waals surface area contributed by atoms with Gasteiger partial charge in [0.05, 0.1) is 12.7 Å². The molecule has 0 spiro atoms. The Kier molecular flexibility index (Phi) is 6.88. The van der Waals surface area contributed by atoms with Crippen LogP contribution in [-0.4, -0.2) is 68.0 Å². The molecule has 1 aliphatic rings. The van der Waals surface area contributed by atoms with E-state index in [0.717, 1.165) is 26.2 Å². The van der Waals surface area contributed by atoms with Crippen LogP contribution in [0.1, 0.15) is 17.3 Å². The summed E-state index contributed by atoms with van der Waals surface area (Å²) in [7, 11) is 3.34. The van der Waals surface area contributed by atoms with Crippen molar-refractivity contribution in [3.05, 3.63) is 41.5 Å². The molecule has 1 aliphatic heterocycles. The fraction of sp³-hybridized carbons (Fsp3) is 0.389. The van der Waals surface area contributed by atoms with Crippen molar-refractivity contribution in [2.45, 2.75) is 6.92 Å². The van der Waals surface area contributed by atoms with Crippen molar-refractivity contribution in [2.75, 3.05) is 45.7 Å². The third kappa shape index (κ3) is 5.68. The molecule has 0 radical (unpaired) electrons. The molecule has 2 rings (SSSR count). The first-order chi connectivity index (χ1) is 12.4. The number of methoxy groups -OCH3 is 1. The lowest BCUT2D eigenvalue weighted by Crippen LogP contribution is -2.52. The Morgan fingerprint density at radius 3 is 2.27 bits per heavy atom. The van der Waals surface area contributed by atoms with Gasteiger partial charge >= 0.3 is 5.97 Å². The number of anilines is 1. The van der Waals surface area contributed by atoms with E-state index in [1.54, 1.807) is 31.2 Å². The highest BCUT2D eigenvalue weighted by molar-refractivity contribution is 6.07. The summed E-state index contributed by atoms with van der Waals surface area (Å²) in [6.45, 7) is 4.82.